The lowest BCUT2D eigenvalue weighted by atomic mass is 9.89. The molecule has 0 radical (unpaired) electrons. The van der Waals surface area contributed by atoms with E-state index in [1.54, 1.807) is 0 Å². The molecule has 0 saturated heterocycles. The van der Waals surface area contributed by atoms with E-state index in [1.807, 2.05) is 6.92 Å². The Morgan fingerprint density at radius 3 is 2.08 bits per heavy atom. The lowest BCUT2D eigenvalue weighted by Crippen LogP contribution is -2.04. The number of unbranched alkanes of at least 4 members (excludes halogenated alkanes) is 2. The second kappa shape index (κ2) is 5.34. The lowest BCUT2D eigenvalue weighted by Gasteiger charge is -2.17. The van der Waals surface area contributed by atoms with Gasteiger partial charge in [0.2, 0.25) is 0 Å². The fourth-order valence-corrected chi connectivity index (χ4v) is 1.22. The Hall–Kier alpha value is -0.330. The Labute approximate surface area is 77.1 Å². The van der Waals surface area contributed by atoms with E-state index in [4.69, 9.17) is 5.41 Å². The van der Waals surface area contributed by atoms with Gasteiger partial charge in [0.25, 0.3) is 0 Å². The largest absolute Gasteiger partial charge is 0.310 e. The maximum atomic E-state index is 7.25. The molecule has 0 fully saturated rings. The first-order valence-corrected chi connectivity index (χ1v) is 4.96. The predicted molar refractivity (Wildman–Crippen MR) is 55.9 cm³/mol. The van der Waals surface area contributed by atoms with E-state index >= 15 is 0 Å². The van der Waals surface area contributed by atoms with Gasteiger partial charge in [-0.1, -0.05) is 33.6 Å². The van der Waals surface area contributed by atoms with E-state index in [9.17, 15) is 0 Å². The molecular formula is C11H23N. The molecule has 0 rings (SSSR count). The Balaban J connectivity index is 3.17. The maximum Gasteiger partial charge on any atom is 0.00582 e. The van der Waals surface area contributed by atoms with Crippen LogP contribution in [0.3, 0.4) is 0 Å². The van der Waals surface area contributed by atoms with Crippen molar-refractivity contribution < 1.29 is 0 Å². The highest BCUT2D eigenvalue weighted by molar-refractivity contribution is 5.78. The zero-order valence-electron chi connectivity index (χ0n) is 9.04. The van der Waals surface area contributed by atoms with Crippen molar-refractivity contribution in [1.82, 2.24) is 0 Å². The minimum atomic E-state index is 0.486. The van der Waals surface area contributed by atoms with Crippen molar-refractivity contribution in [2.75, 3.05) is 0 Å². The summed E-state index contributed by atoms with van der Waals surface area (Å²) in [7, 11) is 0. The van der Waals surface area contributed by atoms with Gasteiger partial charge in [-0.15, -0.1) is 0 Å². The van der Waals surface area contributed by atoms with Crippen LogP contribution < -0.4 is 0 Å². The first kappa shape index (κ1) is 11.7. The Morgan fingerprint density at radius 2 is 1.67 bits per heavy atom. The average Bonchev–Trinajstić information content (AvgIpc) is 1.83. The van der Waals surface area contributed by atoms with Gasteiger partial charge in [0.05, 0.1) is 0 Å². The summed E-state index contributed by atoms with van der Waals surface area (Å²) in [5.41, 5.74) is 1.31. The molecule has 0 aromatic rings. The van der Waals surface area contributed by atoms with Crippen molar-refractivity contribution in [2.45, 2.75) is 59.8 Å². The van der Waals surface area contributed by atoms with Gasteiger partial charge in [-0.05, 0) is 31.6 Å². The normalized spacial score (nSPS) is 11.7. The van der Waals surface area contributed by atoms with Crippen LogP contribution in [-0.2, 0) is 0 Å². The van der Waals surface area contributed by atoms with Gasteiger partial charge < -0.3 is 5.41 Å². The van der Waals surface area contributed by atoms with Crippen molar-refractivity contribution in [3.8, 4) is 0 Å². The zero-order valence-corrected chi connectivity index (χ0v) is 9.04. The second-order valence-electron chi connectivity index (χ2n) is 4.90. The summed E-state index contributed by atoms with van der Waals surface area (Å²) < 4.78 is 0. The molecule has 0 aliphatic carbocycles. The molecule has 0 unspecified atom stereocenters. The topological polar surface area (TPSA) is 23.9 Å². The smallest absolute Gasteiger partial charge is 0.00582 e. The number of hydrogen-bond acceptors (Lipinski definition) is 1. The minimum absolute atomic E-state index is 0.486. The summed E-state index contributed by atoms with van der Waals surface area (Å²) in [4.78, 5) is 0. The van der Waals surface area contributed by atoms with Crippen LogP contribution in [0, 0.1) is 10.8 Å². The fourth-order valence-electron chi connectivity index (χ4n) is 1.22. The van der Waals surface area contributed by atoms with Crippen LogP contribution in [0.4, 0.5) is 0 Å². The van der Waals surface area contributed by atoms with Crippen LogP contribution in [0.1, 0.15) is 59.8 Å². The van der Waals surface area contributed by atoms with Crippen molar-refractivity contribution in [3.63, 3.8) is 0 Å². The van der Waals surface area contributed by atoms with E-state index < -0.39 is 0 Å². The SMILES string of the molecule is CC(=N)CCCCCC(C)(C)C. The summed E-state index contributed by atoms with van der Waals surface area (Å²) in [5, 5.41) is 7.25. The van der Waals surface area contributed by atoms with E-state index in [0.717, 1.165) is 12.1 Å². The van der Waals surface area contributed by atoms with Crippen LogP contribution in [0.5, 0.6) is 0 Å². The minimum Gasteiger partial charge on any atom is -0.310 e. The van der Waals surface area contributed by atoms with Gasteiger partial charge in [0, 0.05) is 5.71 Å². The molecule has 1 N–H and O–H groups in total. The van der Waals surface area contributed by atoms with Crippen LogP contribution >= 0.6 is 0 Å². The Morgan fingerprint density at radius 1 is 1.08 bits per heavy atom. The molecule has 0 bridgehead atoms. The molecule has 0 aromatic carbocycles. The summed E-state index contributed by atoms with van der Waals surface area (Å²) in [6.07, 6.45) is 6.10. The highest BCUT2D eigenvalue weighted by Crippen LogP contribution is 2.22. The zero-order chi connectivity index (χ0) is 9.61. The first-order chi connectivity index (χ1) is 5.42. The third-order valence-electron chi connectivity index (χ3n) is 1.98. The molecule has 0 spiro atoms. The molecule has 0 aliphatic heterocycles. The highest BCUT2D eigenvalue weighted by Gasteiger charge is 2.08. The number of hydrogen-bond donors (Lipinski definition) is 1. The van der Waals surface area contributed by atoms with E-state index in [2.05, 4.69) is 20.8 Å². The summed E-state index contributed by atoms with van der Waals surface area (Å²) in [6.45, 7) is 8.75. The Bertz CT molecular complexity index is 130. The van der Waals surface area contributed by atoms with Gasteiger partial charge in [-0.25, -0.2) is 0 Å². The van der Waals surface area contributed by atoms with Gasteiger partial charge in [0.1, 0.15) is 0 Å². The number of rotatable bonds is 5. The van der Waals surface area contributed by atoms with E-state index in [0.29, 0.717) is 5.41 Å². The standard InChI is InChI=1S/C11H23N/c1-10(12)8-6-5-7-9-11(2,3)4/h12H,5-9H2,1-4H3. The van der Waals surface area contributed by atoms with Crippen LogP contribution in [0.25, 0.3) is 0 Å². The van der Waals surface area contributed by atoms with Crippen LogP contribution in [0.15, 0.2) is 0 Å². The molecule has 1 nitrogen and oxygen atoms in total. The van der Waals surface area contributed by atoms with Gasteiger partial charge in [0.15, 0.2) is 0 Å². The van der Waals surface area contributed by atoms with Crippen molar-refractivity contribution in [1.29, 1.82) is 5.41 Å². The molecule has 0 heterocycles. The Kier molecular flexibility index (Phi) is 5.19. The first-order valence-electron chi connectivity index (χ1n) is 4.96. The monoisotopic (exact) mass is 169 g/mol. The molecule has 0 atom stereocenters. The van der Waals surface area contributed by atoms with Gasteiger partial charge in [-0.2, -0.15) is 0 Å². The second-order valence-corrected chi connectivity index (χ2v) is 4.90. The third-order valence-corrected chi connectivity index (χ3v) is 1.98. The predicted octanol–water partition coefficient (Wildman–Crippen LogP) is 4.02. The number of nitrogens with one attached hydrogen (secondary N) is 1. The molecule has 1 heteroatoms. The molecule has 0 aromatic heterocycles. The van der Waals surface area contributed by atoms with Gasteiger partial charge in [-0.3, -0.25) is 0 Å². The maximum absolute atomic E-state index is 7.25. The lowest BCUT2D eigenvalue weighted by molar-refractivity contribution is 0.359. The summed E-state index contributed by atoms with van der Waals surface area (Å²) in [5.74, 6) is 0. The van der Waals surface area contributed by atoms with Crippen LogP contribution in [-0.4, -0.2) is 5.71 Å². The van der Waals surface area contributed by atoms with Gasteiger partial charge >= 0.3 is 0 Å². The highest BCUT2D eigenvalue weighted by atomic mass is 14.4. The van der Waals surface area contributed by atoms with Crippen molar-refractivity contribution in [3.05, 3.63) is 0 Å². The third kappa shape index (κ3) is 9.67. The van der Waals surface area contributed by atoms with Crippen molar-refractivity contribution >= 4 is 5.71 Å². The van der Waals surface area contributed by atoms with Crippen molar-refractivity contribution in [2.24, 2.45) is 5.41 Å². The summed E-state index contributed by atoms with van der Waals surface area (Å²) in [6, 6.07) is 0. The molecule has 0 aliphatic rings. The van der Waals surface area contributed by atoms with Crippen LogP contribution in [0.2, 0.25) is 0 Å². The molecule has 72 valence electrons. The van der Waals surface area contributed by atoms with E-state index in [-0.39, 0.29) is 0 Å². The average molecular weight is 169 g/mol. The molecule has 12 heavy (non-hydrogen) atoms. The van der Waals surface area contributed by atoms with E-state index in [1.165, 1.54) is 25.7 Å². The summed E-state index contributed by atoms with van der Waals surface area (Å²) >= 11 is 0. The quantitative estimate of drug-likeness (QED) is 0.475. The molecule has 0 amide bonds. The fraction of sp³-hybridized carbons (Fsp3) is 0.909. The molecule has 0 saturated carbocycles. The molecular weight excluding hydrogens is 146 g/mol.